The minimum absolute atomic E-state index is 0.00118. The van der Waals surface area contributed by atoms with E-state index in [1.165, 1.54) is 43.5 Å². The molecule has 0 aliphatic carbocycles. The number of ether oxygens (including phenoxy) is 2. The lowest BCUT2D eigenvalue weighted by Crippen LogP contribution is -2.13. The van der Waals surface area contributed by atoms with Gasteiger partial charge in [-0.25, -0.2) is 4.79 Å². The largest absolute Gasteiger partial charge is 0.497 e. The van der Waals surface area contributed by atoms with Crippen LogP contribution in [-0.2, 0) is 25.4 Å². The van der Waals surface area contributed by atoms with Crippen LogP contribution in [0, 0.1) is 0 Å². The Bertz CT molecular complexity index is 1450. The van der Waals surface area contributed by atoms with Crippen molar-refractivity contribution in [3.63, 3.8) is 0 Å². The zero-order valence-electron chi connectivity index (χ0n) is 18.7. The van der Waals surface area contributed by atoms with E-state index in [4.69, 9.17) is 13.9 Å². The molecule has 1 heterocycles. The molecular formula is C26H18F6O4. The normalized spacial score (nSPS) is 12.1. The molecule has 4 nitrogen and oxygen atoms in total. The molecule has 0 fully saturated rings. The van der Waals surface area contributed by atoms with Crippen molar-refractivity contribution in [2.24, 2.45) is 0 Å². The molecule has 36 heavy (non-hydrogen) atoms. The fourth-order valence-electron chi connectivity index (χ4n) is 3.69. The highest BCUT2D eigenvalue weighted by atomic mass is 19.4. The first kappa shape index (κ1) is 25.2. The number of rotatable bonds is 6. The predicted octanol–water partition coefficient (Wildman–Crippen LogP) is 7.01. The van der Waals surface area contributed by atoms with Crippen LogP contribution in [0.5, 0.6) is 11.5 Å². The highest BCUT2D eigenvalue weighted by Gasteiger charge is 2.31. The van der Waals surface area contributed by atoms with Crippen LogP contribution in [0.2, 0.25) is 0 Å². The van der Waals surface area contributed by atoms with Crippen molar-refractivity contribution in [2.75, 3.05) is 7.11 Å². The van der Waals surface area contributed by atoms with Crippen molar-refractivity contribution in [1.82, 2.24) is 0 Å². The molecule has 4 aromatic rings. The van der Waals surface area contributed by atoms with E-state index >= 15 is 0 Å². The molecule has 0 saturated heterocycles. The summed E-state index contributed by atoms with van der Waals surface area (Å²) >= 11 is 0. The van der Waals surface area contributed by atoms with Gasteiger partial charge in [0.05, 0.1) is 29.2 Å². The molecule has 0 radical (unpaired) electrons. The predicted molar refractivity (Wildman–Crippen MR) is 119 cm³/mol. The molecule has 0 atom stereocenters. The van der Waals surface area contributed by atoms with Crippen LogP contribution in [0.3, 0.4) is 0 Å². The summed E-state index contributed by atoms with van der Waals surface area (Å²) in [7, 11) is 1.41. The van der Waals surface area contributed by atoms with Gasteiger partial charge in [0.25, 0.3) is 0 Å². The third-order valence-corrected chi connectivity index (χ3v) is 5.43. The maximum absolute atomic E-state index is 13.2. The van der Waals surface area contributed by atoms with Crippen molar-refractivity contribution in [1.29, 1.82) is 0 Å². The van der Waals surface area contributed by atoms with E-state index in [0.717, 1.165) is 24.3 Å². The number of hydrogen-bond donors (Lipinski definition) is 0. The molecule has 10 heteroatoms. The van der Waals surface area contributed by atoms with Gasteiger partial charge in [0, 0.05) is 12.5 Å². The van der Waals surface area contributed by atoms with Gasteiger partial charge in [-0.15, -0.1) is 0 Å². The Kier molecular flexibility index (Phi) is 6.71. The number of hydrogen-bond acceptors (Lipinski definition) is 4. The van der Waals surface area contributed by atoms with Gasteiger partial charge in [-0.1, -0.05) is 30.3 Å². The molecular weight excluding hydrogens is 490 g/mol. The first-order chi connectivity index (χ1) is 17.0. The smallest absolute Gasteiger partial charge is 0.416 e. The fraction of sp³-hybridized carbons (Fsp3) is 0.192. The van der Waals surface area contributed by atoms with E-state index in [0.29, 0.717) is 11.1 Å². The number of methoxy groups -OCH3 is 1. The molecule has 4 rings (SSSR count). The van der Waals surface area contributed by atoms with Gasteiger partial charge in [0.2, 0.25) is 0 Å². The number of benzene rings is 3. The first-order valence-corrected chi connectivity index (χ1v) is 10.5. The van der Waals surface area contributed by atoms with Crippen LogP contribution in [-0.4, -0.2) is 7.11 Å². The van der Waals surface area contributed by atoms with Crippen LogP contribution in [0.15, 0.2) is 75.9 Å². The van der Waals surface area contributed by atoms with Gasteiger partial charge < -0.3 is 13.9 Å². The minimum Gasteiger partial charge on any atom is -0.497 e. The average Bonchev–Trinajstić information content (AvgIpc) is 2.83. The van der Waals surface area contributed by atoms with E-state index in [1.54, 1.807) is 6.07 Å². The Balaban J connectivity index is 1.78. The molecule has 3 aromatic carbocycles. The first-order valence-electron chi connectivity index (χ1n) is 10.5. The molecule has 0 aliphatic rings. The van der Waals surface area contributed by atoms with Crippen LogP contribution >= 0.6 is 0 Å². The van der Waals surface area contributed by atoms with Crippen LogP contribution in [0.25, 0.3) is 11.0 Å². The second kappa shape index (κ2) is 9.60. The lowest BCUT2D eigenvalue weighted by Gasteiger charge is -2.15. The quantitative estimate of drug-likeness (QED) is 0.208. The van der Waals surface area contributed by atoms with Crippen molar-refractivity contribution in [2.45, 2.75) is 25.4 Å². The SMILES string of the molecule is COc1ccc2c(OCc3cccc(C(F)(F)F)c3)c(Cc3cccc(C(F)(F)F)c3)c(=O)oc2c1. The number of halogens is 6. The number of alkyl halides is 6. The van der Waals surface area contributed by atoms with Gasteiger partial charge in [0.1, 0.15) is 23.7 Å². The molecule has 1 aromatic heterocycles. The minimum atomic E-state index is -4.58. The van der Waals surface area contributed by atoms with E-state index in [1.807, 2.05) is 0 Å². The Morgan fingerprint density at radius 2 is 1.42 bits per heavy atom. The van der Waals surface area contributed by atoms with E-state index in [-0.39, 0.29) is 41.1 Å². The third kappa shape index (κ3) is 5.48. The van der Waals surface area contributed by atoms with Gasteiger partial charge in [-0.05, 0) is 41.5 Å². The monoisotopic (exact) mass is 508 g/mol. The van der Waals surface area contributed by atoms with Gasteiger partial charge in [-0.3, -0.25) is 0 Å². The average molecular weight is 508 g/mol. The van der Waals surface area contributed by atoms with Crippen molar-refractivity contribution in [3.8, 4) is 11.5 Å². The molecule has 0 bridgehead atoms. The fourth-order valence-corrected chi connectivity index (χ4v) is 3.69. The Morgan fingerprint density at radius 1 is 0.806 bits per heavy atom. The lowest BCUT2D eigenvalue weighted by molar-refractivity contribution is -0.138. The van der Waals surface area contributed by atoms with E-state index in [2.05, 4.69) is 0 Å². The molecule has 0 spiro atoms. The lowest BCUT2D eigenvalue weighted by atomic mass is 10.0. The maximum Gasteiger partial charge on any atom is 0.416 e. The van der Waals surface area contributed by atoms with Crippen LogP contribution < -0.4 is 15.1 Å². The van der Waals surface area contributed by atoms with E-state index in [9.17, 15) is 31.1 Å². The second-order valence-corrected chi connectivity index (χ2v) is 7.92. The topological polar surface area (TPSA) is 48.7 Å². The summed E-state index contributed by atoms with van der Waals surface area (Å²) in [5, 5.41) is 0.310. The summed E-state index contributed by atoms with van der Waals surface area (Å²) in [4.78, 5) is 12.9. The highest BCUT2D eigenvalue weighted by molar-refractivity contribution is 5.85. The van der Waals surface area contributed by atoms with Gasteiger partial charge in [0.15, 0.2) is 0 Å². The Morgan fingerprint density at radius 3 is 2.03 bits per heavy atom. The molecule has 0 unspecified atom stereocenters. The summed E-state index contributed by atoms with van der Waals surface area (Å²) < 4.78 is 95.2. The van der Waals surface area contributed by atoms with Crippen LogP contribution in [0.1, 0.15) is 27.8 Å². The summed E-state index contributed by atoms with van der Waals surface area (Å²) in [6.07, 6.45) is -9.39. The summed E-state index contributed by atoms with van der Waals surface area (Å²) in [6.45, 7) is -0.329. The standard InChI is InChI=1S/C26H18F6O4/c1-34-19-8-9-20-22(13-19)36-24(33)21(12-15-4-2-6-17(10-15)25(27,28)29)23(20)35-14-16-5-3-7-18(11-16)26(30,31)32/h2-11,13H,12,14H2,1H3. The van der Waals surface area contributed by atoms with Gasteiger partial charge >= 0.3 is 18.0 Å². The maximum atomic E-state index is 13.2. The molecule has 0 saturated carbocycles. The highest BCUT2D eigenvalue weighted by Crippen LogP contribution is 2.35. The molecule has 0 aliphatic heterocycles. The van der Waals surface area contributed by atoms with Crippen LogP contribution in [0.4, 0.5) is 26.3 Å². The molecule has 0 N–H and O–H groups in total. The van der Waals surface area contributed by atoms with Crippen molar-refractivity contribution in [3.05, 3.63) is 105 Å². The van der Waals surface area contributed by atoms with E-state index < -0.39 is 29.1 Å². The zero-order chi connectivity index (χ0) is 26.1. The third-order valence-electron chi connectivity index (χ3n) is 5.43. The summed E-state index contributed by atoms with van der Waals surface area (Å²) in [5.74, 6) is 0.374. The number of fused-ring (bicyclic) bond motifs is 1. The van der Waals surface area contributed by atoms with Crippen molar-refractivity contribution < 1.29 is 40.2 Å². The second-order valence-electron chi connectivity index (χ2n) is 7.92. The Labute approximate surface area is 200 Å². The zero-order valence-corrected chi connectivity index (χ0v) is 18.7. The Hall–Kier alpha value is -3.95. The van der Waals surface area contributed by atoms with Crippen molar-refractivity contribution >= 4 is 11.0 Å². The van der Waals surface area contributed by atoms with Gasteiger partial charge in [-0.2, -0.15) is 26.3 Å². The molecule has 0 amide bonds. The summed E-state index contributed by atoms with van der Waals surface area (Å²) in [5.41, 5.74) is -2.23. The summed E-state index contributed by atoms with van der Waals surface area (Å²) in [6, 6.07) is 13.5. The molecule has 188 valence electrons.